The van der Waals surface area contributed by atoms with Crippen LogP contribution in [0.3, 0.4) is 0 Å². The number of likely N-dealkylation sites (tertiary alicyclic amines) is 2. The van der Waals surface area contributed by atoms with Gasteiger partial charge in [0.2, 0.25) is 0 Å². The first-order chi connectivity index (χ1) is 21.0. The van der Waals surface area contributed by atoms with Gasteiger partial charge >= 0.3 is 11.9 Å². The highest BCUT2D eigenvalue weighted by molar-refractivity contribution is 5.87. The summed E-state index contributed by atoms with van der Waals surface area (Å²) in [5, 5.41) is 16.8. The first kappa shape index (κ1) is 36.2. The summed E-state index contributed by atoms with van der Waals surface area (Å²) in [6.45, 7) is 8.70. The average Bonchev–Trinajstić information content (AvgIpc) is 3.66. The number of aliphatic imine (C=N–C) groups is 1. The SMILES string of the molecule is CC(C)C(=O)O.CC(C)C(=O)O.CN(C)/C=N/c1ncnc2c1ccn2C1CCC(CN2CC(F)(F)CC23CCN(C)CC3)O1. The molecule has 2 unspecified atom stereocenters. The molecule has 3 fully saturated rings. The van der Waals surface area contributed by atoms with Gasteiger partial charge in [0.1, 0.15) is 18.2 Å². The summed E-state index contributed by atoms with van der Waals surface area (Å²) in [6, 6.07) is 1.96. The number of alkyl halides is 2. The summed E-state index contributed by atoms with van der Waals surface area (Å²) >= 11 is 0. The summed E-state index contributed by atoms with van der Waals surface area (Å²) in [6.07, 6.45) is 8.21. The van der Waals surface area contributed by atoms with Crippen molar-refractivity contribution in [1.82, 2.24) is 29.2 Å². The lowest BCUT2D eigenvalue weighted by atomic mass is 9.84. The van der Waals surface area contributed by atoms with Gasteiger partial charge in [0.25, 0.3) is 5.92 Å². The van der Waals surface area contributed by atoms with Crippen LogP contribution < -0.4 is 0 Å². The number of piperidine rings is 1. The molecule has 0 amide bonds. The summed E-state index contributed by atoms with van der Waals surface area (Å²) in [7, 11) is 5.88. The number of aliphatic carboxylic acids is 2. The summed E-state index contributed by atoms with van der Waals surface area (Å²) < 4.78 is 37.4. The Kier molecular flexibility index (Phi) is 12.4. The zero-order chi connectivity index (χ0) is 33.5. The van der Waals surface area contributed by atoms with E-state index in [1.807, 2.05) is 40.7 Å². The fraction of sp³-hybridized carbons (Fsp3) is 0.710. The fourth-order valence-corrected chi connectivity index (χ4v) is 5.62. The normalized spacial score (nSPS) is 22.9. The van der Waals surface area contributed by atoms with Gasteiger partial charge in [-0.05, 0) is 51.9 Å². The summed E-state index contributed by atoms with van der Waals surface area (Å²) in [4.78, 5) is 38.7. The molecule has 5 rings (SSSR count). The van der Waals surface area contributed by atoms with Crippen molar-refractivity contribution in [2.75, 3.05) is 47.3 Å². The van der Waals surface area contributed by atoms with E-state index in [2.05, 4.69) is 26.9 Å². The third-order valence-corrected chi connectivity index (χ3v) is 8.30. The van der Waals surface area contributed by atoms with Crippen LogP contribution in [0.15, 0.2) is 23.6 Å². The highest BCUT2D eigenvalue weighted by Gasteiger charge is 2.55. The van der Waals surface area contributed by atoms with Gasteiger partial charge in [-0.15, -0.1) is 0 Å². The first-order valence-corrected chi connectivity index (χ1v) is 15.5. The average molecular weight is 638 g/mol. The van der Waals surface area contributed by atoms with Crippen LogP contribution in [-0.2, 0) is 14.3 Å². The maximum atomic E-state index is 14.5. The minimum absolute atomic E-state index is 0.0284. The van der Waals surface area contributed by atoms with E-state index in [4.69, 9.17) is 14.9 Å². The topological polar surface area (TPSA) is 137 Å². The predicted octanol–water partition coefficient (Wildman–Crippen LogP) is 4.59. The van der Waals surface area contributed by atoms with Crippen LogP contribution in [0, 0.1) is 11.8 Å². The molecule has 1 spiro atoms. The molecule has 2 atom stereocenters. The van der Waals surface area contributed by atoms with E-state index < -0.39 is 23.4 Å². The Labute approximate surface area is 264 Å². The van der Waals surface area contributed by atoms with Crippen LogP contribution in [0.4, 0.5) is 14.6 Å². The van der Waals surface area contributed by atoms with Gasteiger partial charge < -0.3 is 29.3 Å². The van der Waals surface area contributed by atoms with E-state index in [1.54, 1.807) is 34.0 Å². The fourth-order valence-electron chi connectivity index (χ4n) is 5.62. The highest BCUT2D eigenvalue weighted by atomic mass is 19.3. The van der Waals surface area contributed by atoms with Crippen LogP contribution in [-0.4, -0.2) is 123 Å². The largest absolute Gasteiger partial charge is 0.481 e. The number of halogens is 2. The van der Waals surface area contributed by atoms with Gasteiger partial charge in [0, 0.05) is 38.8 Å². The molecule has 0 aliphatic carbocycles. The quantitative estimate of drug-likeness (QED) is 0.328. The van der Waals surface area contributed by atoms with E-state index in [9.17, 15) is 18.4 Å². The molecular formula is C31H49F2N7O5. The van der Waals surface area contributed by atoms with Crippen LogP contribution in [0.1, 0.15) is 66.0 Å². The predicted molar refractivity (Wildman–Crippen MR) is 168 cm³/mol. The Morgan fingerprint density at radius 1 is 1.11 bits per heavy atom. The molecule has 5 heterocycles. The molecule has 0 aromatic carbocycles. The maximum Gasteiger partial charge on any atom is 0.305 e. The number of carbonyl (C=O) groups is 2. The zero-order valence-electron chi connectivity index (χ0n) is 27.5. The number of carboxylic acid groups (broad SMARTS) is 2. The Hall–Kier alpha value is -3.23. The van der Waals surface area contributed by atoms with E-state index in [0.29, 0.717) is 12.4 Å². The Morgan fingerprint density at radius 2 is 1.71 bits per heavy atom. The first-order valence-electron chi connectivity index (χ1n) is 15.5. The number of fused-ring (bicyclic) bond motifs is 1. The number of ether oxygens (including phenoxy) is 1. The molecular weight excluding hydrogens is 588 g/mol. The Bertz CT molecular complexity index is 1290. The van der Waals surface area contributed by atoms with Crippen LogP contribution in [0.5, 0.6) is 0 Å². The second kappa shape index (κ2) is 15.4. The van der Waals surface area contributed by atoms with Crippen LogP contribution in [0.25, 0.3) is 11.0 Å². The van der Waals surface area contributed by atoms with Gasteiger partial charge in [0.15, 0.2) is 5.82 Å². The molecule has 14 heteroatoms. The van der Waals surface area contributed by atoms with E-state index in [-0.39, 0.29) is 37.1 Å². The molecule has 0 radical (unpaired) electrons. The Balaban J connectivity index is 0.000000392. The lowest BCUT2D eigenvalue weighted by molar-refractivity contribution is -0.141. The molecule has 45 heavy (non-hydrogen) atoms. The second-order valence-electron chi connectivity index (χ2n) is 13.1. The number of rotatable bonds is 7. The van der Waals surface area contributed by atoms with Crippen molar-refractivity contribution in [2.45, 2.75) is 83.6 Å². The summed E-state index contributed by atoms with van der Waals surface area (Å²) in [5.41, 5.74) is 0.380. The molecule has 12 nitrogen and oxygen atoms in total. The lowest BCUT2D eigenvalue weighted by Crippen LogP contribution is -2.53. The third kappa shape index (κ3) is 9.88. The van der Waals surface area contributed by atoms with Crippen LogP contribution in [0.2, 0.25) is 0 Å². The van der Waals surface area contributed by atoms with Gasteiger partial charge in [0.05, 0.1) is 36.2 Å². The molecule has 3 aliphatic rings. The highest BCUT2D eigenvalue weighted by Crippen LogP contribution is 2.46. The molecule has 0 bridgehead atoms. The Morgan fingerprint density at radius 3 is 2.27 bits per heavy atom. The standard InChI is InChI=1S/C23H33F2N7O.2C4H8O2/c1-29(2)16-28-20-18-6-9-32(21(18)27-15-26-20)19-5-4-17(33-19)12-31-14-23(24,25)13-22(31)7-10-30(3)11-8-22;2*1-3(2)4(5)6/h6,9,15-17,19H,4-5,7-8,10-14H2,1-3H3;2*3H,1-2H3,(H,5,6)/b28-16+;;. The monoisotopic (exact) mass is 637 g/mol. The maximum absolute atomic E-state index is 14.5. The van der Waals surface area contributed by atoms with E-state index >= 15 is 0 Å². The van der Waals surface area contributed by atoms with Gasteiger partial charge in [-0.25, -0.2) is 23.7 Å². The van der Waals surface area contributed by atoms with E-state index in [0.717, 1.165) is 49.8 Å². The molecule has 0 saturated carbocycles. The van der Waals surface area contributed by atoms with Crippen molar-refractivity contribution in [1.29, 1.82) is 0 Å². The van der Waals surface area contributed by atoms with E-state index in [1.165, 1.54) is 6.33 Å². The van der Waals surface area contributed by atoms with Crippen molar-refractivity contribution < 1.29 is 33.3 Å². The van der Waals surface area contributed by atoms with Crippen molar-refractivity contribution in [2.24, 2.45) is 16.8 Å². The van der Waals surface area contributed by atoms with Gasteiger partial charge in [-0.1, -0.05) is 27.7 Å². The number of aromatic nitrogens is 3. The van der Waals surface area contributed by atoms with Crippen molar-refractivity contribution in [3.8, 4) is 0 Å². The smallest absolute Gasteiger partial charge is 0.305 e. The number of hydrogen-bond donors (Lipinski definition) is 2. The minimum Gasteiger partial charge on any atom is -0.481 e. The van der Waals surface area contributed by atoms with Gasteiger partial charge in [-0.2, -0.15) is 0 Å². The zero-order valence-corrected chi connectivity index (χ0v) is 27.5. The van der Waals surface area contributed by atoms with Crippen molar-refractivity contribution in [3.05, 3.63) is 18.6 Å². The third-order valence-electron chi connectivity index (χ3n) is 8.30. The molecule has 252 valence electrons. The second-order valence-corrected chi connectivity index (χ2v) is 13.1. The van der Waals surface area contributed by atoms with Crippen molar-refractivity contribution >= 4 is 35.1 Å². The lowest BCUT2D eigenvalue weighted by Gasteiger charge is -2.44. The molecule has 3 saturated heterocycles. The molecule has 2 aromatic heterocycles. The van der Waals surface area contributed by atoms with Crippen molar-refractivity contribution in [3.63, 3.8) is 0 Å². The summed E-state index contributed by atoms with van der Waals surface area (Å²) in [5.74, 6) is -3.95. The molecule has 2 N–H and O–H groups in total. The molecule has 3 aliphatic heterocycles. The molecule has 2 aromatic rings. The number of hydrogen-bond acceptors (Lipinski definition) is 8. The van der Waals surface area contributed by atoms with Gasteiger partial charge in [-0.3, -0.25) is 14.5 Å². The number of carboxylic acids is 2. The number of nitrogens with zero attached hydrogens (tertiary/aromatic N) is 7. The minimum atomic E-state index is -2.62. The van der Waals surface area contributed by atoms with Crippen LogP contribution >= 0.6 is 0 Å².